The van der Waals surface area contributed by atoms with Crippen LogP contribution in [0.4, 0.5) is 0 Å². The molecule has 1 aliphatic heterocycles. The van der Waals surface area contributed by atoms with Gasteiger partial charge >= 0.3 is 0 Å². The fraction of sp³-hybridized carbons (Fsp3) is 0.500. The molecule has 4 nitrogen and oxygen atoms in total. The lowest BCUT2D eigenvalue weighted by atomic mass is 10.1. The van der Waals surface area contributed by atoms with Gasteiger partial charge in [0.2, 0.25) is 5.91 Å². The summed E-state index contributed by atoms with van der Waals surface area (Å²) in [5.41, 5.74) is 0.681. The van der Waals surface area contributed by atoms with E-state index in [9.17, 15) is 4.79 Å². The number of carbonyl (C=O) groups is 1. The van der Waals surface area contributed by atoms with Gasteiger partial charge in [-0.3, -0.25) is 4.79 Å². The van der Waals surface area contributed by atoms with E-state index >= 15 is 0 Å². The van der Waals surface area contributed by atoms with Gasteiger partial charge in [-0.2, -0.15) is 0 Å². The minimum atomic E-state index is -0.758. The van der Waals surface area contributed by atoms with Crippen molar-refractivity contribution in [2.45, 2.75) is 31.7 Å². The maximum Gasteiger partial charge on any atom is 0.242 e. The Balaban J connectivity index is 2.27. The minimum Gasteiger partial charge on any atom is -0.490 e. The number of ether oxygens (including phenoxy) is 2. The van der Waals surface area contributed by atoms with E-state index in [0.29, 0.717) is 30.3 Å². The molecular weight excluding hydrogens is 346 g/mol. The van der Waals surface area contributed by atoms with Crippen molar-refractivity contribution >= 4 is 33.4 Å². The van der Waals surface area contributed by atoms with Gasteiger partial charge in [0.15, 0.2) is 11.5 Å². The van der Waals surface area contributed by atoms with E-state index in [1.54, 1.807) is 12.1 Å². The highest BCUT2D eigenvalue weighted by atomic mass is 79.9. The van der Waals surface area contributed by atoms with E-state index in [1.165, 1.54) is 0 Å². The van der Waals surface area contributed by atoms with Crippen molar-refractivity contribution in [3.05, 3.63) is 22.2 Å². The number of benzene rings is 1. The summed E-state index contributed by atoms with van der Waals surface area (Å²) in [6, 6.07) is 3.61. The Bertz CT molecular complexity index is 507. The molecule has 1 aromatic rings. The van der Waals surface area contributed by atoms with Crippen molar-refractivity contribution < 1.29 is 14.3 Å². The zero-order valence-corrected chi connectivity index (χ0v) is 13.8. The molecule has 0 bridgehead atoms. The summed E-state index contributed by atoms with van der Waals surface area (Å²) >= 11 is 9.67. The summed E-state index contributed by atoms with van der Waals surface area (Å²) in [5, 5.41) is 2.04. The van der Waals surface area contributed by atoms with Crippen LogP contribution in [-0.4, -0.2) is 25.2 Å². The van der Waals surface area contributed by atoms with Crippen LogP contribution in [0.3, 0.4) is 0 Å². The van der Waals surface area contributed by atoms with Crippen LogP contribution in [0.5, 0.6) is 11.5 Å². The fourth-order valence-corrected chi connectivity index (χ4v) is 2.67. The molecule has 1 heterocycles. The highest BCUT2D eigenvalue weighted by molar-refractivity contribution is 9.10. The monoisotopic (exact) mass is 361 g/mol. The minimum absolute atomic E-state index is 0.0487. The van der Waals surface area contributed by atoms with Gasteiger partial charge in [0.1, 0.15) is 5.38 Å². The Morgan fingerprint density at radius 2 is 2.05 bits per heavy atom. The molecule has 0 saturated heterocycles. The Labute approximate surface area is 131 Å². The maximum atomic E-state index is 12.0. The SMILES string of the molecule is CC(C)NC(=O)C(Cl)c1cc(Br)c2c(c1)OCCCO2. The van der Waals surface area contributed by atoms with Crippen molar-refractivity contribution in [1.82, 2.24) is 5.32 Å². The number of alkyl halides is 1. The molecule has 0 aliphatic carbocycles. The molecule has 2 rings (SSSR count). The quantitative estimate of drug-likeness (QED) is 0.838. The summed E-state index contributed by atoms with van der Waals surface area (Å²) in [6.07, 6.45) is 0.828. The fourth-order valence-electron chi connectivity index (χ4n) is 1.91. The van der Waals surface area contributed by atoms with Crippen molar-refractivity contribution in [3.63, 3.8) is 0 Å². The van der Waals surface area contributed by atoms with Gasteiger partial charge in [-0.25, -0.2) is 0 Å². The molecule has 20 heavy (non-hydrogen) atoms. The number of carbonyl (C=O) groups excluding carboxylic acids is 1. The number of halogens is 2. The summed E-state index contributed by atoms with van der Waals surface area (Å²) in [6.45, 7) is 4.99. The molecule has 0 aromatic heterocycles. The molecule has 1 aliphatic rings. The van der Waals surface area contributed by atoms with Crippen molar-refractivity contribution in [2.24, 2.45) is 0 Å². The van der Waals surface area contributed by atoms with Gasteiger partial charge < -0.3 is 14.8 Å². The molecule has 1 aromatic carbocycles. The largest absolute Gasteiger partial charge is 0.490 e. The van der Waals surface area contributed by atoms with E-state index in [2.05, 4.69) is 21.2 Å². The number of nitrogens with one attached hydrogen (secondary N) is 1. The van der Waals surface area contributed by atoms with Gasteiger partial charge in [0.25, 0.3) is 0 Å². The highest BCUT2D eigenvalue weighted by Gasteiger charge is 2.23. The second kappa shape index (κ2) is 6.68. The normalized spacial score (nSPS) is 15.7. The average molecular weight is 363 g/mol. The molecule has 0 saturated carbocycles. The maximum absolute atomic E-state index is 12.0. The molecule has 0 fully saturated rings. The lowest BCUT2D eigenvalue weighted by molar-refractivity contribution is -0.121. The summed E-state index contributed by atoms with van der Waals surface area (Å²) < 4.78 is 12.0. The number of hydrogen-bond donors (Lipinski definition) is 1. The van der Waals surface area contributed by atoms with Gasteiger partial charge in [0, 0.05) is 12.5 Å². The highest BCUT2D eigenvalue weighted by Crippen LogP contribution is 2.40. The van der Waals surface area contributed by atoms with Crippen LogP contribution < -0.4 is 14.8 Å². The Hall–Kier alpha value is -0.940. The number of hydrogen-bond acceptors (Lipinski definition) is 3. The average Bonchev–Trinajstić information content (AvgIpc) is 2.62. The van der Waals surface area contributed by atoms with Crippen LogP contribution in [0, 0.1) is 0 Å². The van der Waals surface area contributed by atoms with Crippen LogP contribution in [0.1, 0.15) is 31.2 Å². The van der Waals surface area contributed by atoms with Crippen LogP contribution in [0.2, 0.25) is 0 Å². The van der Waals surface area contributed by atoms with Gasteiger partial charge in [-0.1, -0.05) is 0 Å². The second-order valence-electron chi connectivity index (χ2n) is 4.91. The molecule has 1 unspecified atom stereocenters. The molecule has 110 valence electrons. The Morgan fingerprint density at radius 1 is 1.35 bits per heavy atom. The predicted molar refractivity (Wildman–Crippen MR) is 81.6 cm³/mol. The zero-order valence-electron chi connectivity index (χ0n) is 11.4. The topological polar surface area (TPSA) is 47.6 Å². The van der Waals surface area contributed by atoms with Crippen LogP contribution in [0.15, 0.2) is 16.6 Å². The van der Waals surface area contributed by atoms with Gasteiger partial charge in [0.05, 0.1) is 17.7 Å². The molecule has 1 atom stereocenters. The first-order valence-corrected chi connectivity index (χ1v) is 7.75. The van der Waals surface area contributed by atoms with E-state index < -0.39 is 5.38 Å². The lowest BCUT2D eigenvalue weighted by Gasteiger charge is -2.16. The summed E-state index contributed by atoms with van der Waals surface area (Å²) in [7, 11) is 0. The van der Waals surface area contributed by atoms with Crippen molar-refractivity contribution in [2.75, 3.05) is 13.2 Å². The zero-order chi connectivity index (χ0) is 14.7. The van der Waals surface area contributed by atoms with Gasteiger partial charge in [-0.05, 0) is 47.5 Å². The summed E-state index contributed by atoms with van der Waals surface area (Å²) in [4.78, 5) is 12.0. The van der Waals surface area contributed by atoms with Crippen molar-refractivity contribution in [3.8, 4) is 11.5 Å². The van der Waals surface area contributed by atoms with Crippen LogP contribution in [0.25, 0.3) is 0 Å². The Morgan fingerprint density at radius 3 is 2.75 bits per heavy atom. The van der Waals surface area contributed by atoms with E-state index in [1.807, 2.05) is 13.8 Å². The first kappa shape index (κ1) is 15.4. The predicted octanol–water partition coefficient (Wildman–Crippen LogP) is 3.41. The standard InChI is InChI=1S/C14H17BrClNO3/c1-8(2)17-14(18)12(16)9-6-10(15)13-11(7-9)19-4-3-5-20-13/h6-8,12H,3-5H2,1-2H3,(H,17,18). The third kappa shape index (κ3) is 3.58. The molecule has 6 heteroatoms. The number of amides is 1. The van der Waals surface area contributed by atoms with E-state index in [-0.39, 0.29) is 11.9 Å². The Kier molecular flexibility index (Phi) is 5.16. The third-order valence-electron chi connectivity index (χ3n) is 2.78. The van der Waals surface area contributed by atoms with Gasteiger partial charge in [-0.15, -0.1) is 11.6 Å². The third-order valence-corrected chi connectivity index (χ3v) is 3.82. The smallest absolute Gasteiger partial charge is 0.242 e. The second-order valence-corrected chi connectivity index (χ2v) is 6.20. The first-order chi connectivity index (χ1) is 9.49. The lowest BCUT2D eigenvalue weighted by Crippen LogP contribution is -2.32. The number of rotatable bonds is 3. The van der Waals surface area contributed by atoms with E-state index in [4.69, 9.17) is 21.1 Å². The molecule has 1 N–H and O–H groups in total. The number of fused-ring (bicyclic) bond motifs is 1. The van der Waals surface area contributed by atoms with E-state index in [0.717, 1.165) is 10.9 Å². The molecule has 0 spiro atoms. The molecular formula is C14H17BrClNO3. The summed E-state index contributed by atoms with van der Waals surface area (Å²) in [5.74, 6) is 1.07. The molecule has 0 radical (unpaired) electrons. The molecule has 1 amide bonds. The van der Waals surface area contributed by atoms with Crippen LogP contribution in [-0.2, 0) is 4.79 Å². The van der Waals surface area contributed by atoms with Crippen molar-refractivity contribution in [1.29, 1.82) is 0 Å². The van der Waals surface area contributed by atoms with Crippen LogP contribution >= 0.6 is 27.5 Å². The first-order valence-electron chi connectivity index (χ1n) is 6.52.